The second-order valence-electron chi connectivity index (χ2n) is 33.9. The summed E-state index contributed by atoms with van der Waals surface area (Å²) in [7, 11) is -2.80. The molecule has 0 atom stereocenters. The number of rotatable bonds is 12. The fraction of sp³-hybridized carbons (Fsp3) is 0.00820. The van der Waals surface area contributed by atoms with Gasteiger partial charge in [-0.3, -0.25) is 4.57 Å². The molecular weight excluding hydrogens is 1960 g/mol. The smallest absolute Gasteiger partial charge is 0.423 e. The topological polar surface area (TPSA) is 231 Å². The van der Waals surface area contributed by atoms with E-state index in [1.807, 2.05) is 140 Å². The van der Waals surface area contributed by atoms with Gasteiger partial charge in [-0.1, -0.05) is 375 Å². The predicted octanol–water partition coefficient (Wildman–Crippen LogP) is 29.8. The fourth-order valence-electron chi connectivity index (χ4n) is 17.7. The molecule has 0 radical (unpaired) electrons. The van der Waals surface area contributed by atoms with Crippen molar-refractivity contribution in [1.82, 2.24) is 53.6 Å². The Hall–Kier alpha value is -17.4. The molecule has 4 N–H and O–H groups in total. The third-order valence-electron chi connectivity index (χ3n) is 24.7. The number of aromatic nitrogens is 11. The Kier molecular flexibility index (Phi) is 31.0. The van der Waals surface area contributed by atoms with E-state index in [2.05, 4.69) is 296 Å². The first-order valence-corrected chi connectivity index (χ1v) is 48.9. The van der Waals surface area contributed by atoms with Gasteiger partial charge in [-0.15, -0.1) is 0 Å². The average Bonchev–Trinajstić information content (AvgIpc) is 1.60. The fourth-order valence-corrected chi connectivity index (χ4v) is 19.0. The first kappa shape index (κ1) is 99.4. The minimum atomic E-state index is -1.46. The number of hydrogen-bond donors (Lipinski definition) is 4. The molecule has 1 aliphatic rings. The summed E-state index contributed by atoms with van der Waals surface area (Å²) in [5.74, 6) is 0.593. The highest BCUT2D eigenvalue weighted by Gasteiger charge is 2.24. The van der Waals surface area contributed by atoms with Crippen molar-refractivity contribution >= 4 is 172 Å². The second-order valence-corrected chi connectivity index (χ2v) is 36.1. The summed E-state index contributed by atoms with van der Waals surface area (Å²) in [6, 6.07) is 151. The van der Waals surface area contributed by atoms with Crippen molar-refractivity contribution in [2.24, 2.45) is 0 Å². The maximum atomic E-state index is 8.66. The Morgan fingerprint density at radius 1 is 0.257 bits per heavy atom. The van der Waals surface area contributed by atoms with Gasteiger partial charge in [0.2, 0.25) is 21.8 Å². The van der Waals surface area contributed by atoms with E-state index >= 15 is 0 Å². The van der Waals surface area contributed by atoms with Gasteiger partial charge in [0.25, 0.3) is 0 Å². The largest absolute Gasteiger partial charge is 0.488 e. The van der Waals surface area contributed by atoms with E-state index in [0.717, 1.165) is 101 Å². The molecule has 148 heavy (non-hydrogen) atoms. The molecule has 0 spiro atoms. The summed E-state index contributed by atoms with van der Waals surface area (Å²) >= 11 is 33.7. The standard InChI is InChI=1S/C47H29N5.C31H21N.C17H10ClN3.C10H6Cl2N2.C7H6BNO2.C6H7BO2.C4HCl3N2/c1-48-35-24-20-32(21-25-35)42-30-41(31-12-4-2-5-13-31)49-47(50-42)52-44-19-11-8-16-37(44)39-26-22-34(29-46(39)52)33-23-27-45-40(28-33)38-17-9-10-18-43(38)51(45)36-14-6-3-7-15-36;1-2-9-25(10-3-1)32-30-13-7-6-12-28(30)29-20-22(15-17-31(29)32)21-14-16-27-24(18-21)19-23-8-4-5-11-26(23)27;1-19-14-9-7-13(8-10-14)16-11-15(20-17(18)21-16)12-5-3-2-4-6-12;11-9-6-8(13-10(12)14-9)7-4-2-1-3-5-7;9-5-6-1-3-7(4-2-6)8(10)11;8-7(9)6-4-2-1-3-5-6;5-2-1-3(6)9-4(7)8-2/h2-30H;1-18,20H,19H2;2-11H;1-6H;1-4,10-11H;1-5,8-9H;1H. The first-order chi connectivity index (χ1) is 72.3. The van der Waals surface area contributed by atoms with Gasteiger partial charge in [0.15, 0.2) is 11.4 Å². The minimum absolute atomic E-state index is 0.0625. The van der Waals surface area contributed by atoms with E-state index in [0.29, 0.717) is 39.0 Å². The van der Waals surface area contributed by atoms with Gasteiger partial charge in [0.1, 0.15) is 15.5 Å². The number of benzene rings is 17. The maximum absolute atomic E-state index is 8.66. The zero-order valence-corrected chi connectivity index (χ0v) is 82.9. The van der Waals surface area contributed by atoms with Crippen LogP contribution in [0.1, 0.15) is 16.7 Å². The van der Waals surface area contributed by atoms with Crippen molar-refractivity contribution in [3.63, 3.8) is 0 Å². The van der Waals surface area contributed by atoms with Crippen LogP contribution in [0.2, 0.25) is 31.3 Å². The highest BCUT2D eigenvalue weighted by Crippen LogP contribution is 2.44. The van der Waals surface area contributed by atoms with E-state index in [1.165, 1.54) is 113 Å². The number of nitriles is 1. The number of halogens is 6. The van der Waals surface area contributed by atoms with Crippen LogP contribution in [0.25, 0.3) is 182 Å². The molecule has 17 aromatic carbocycles. The summed E-state index contributed by atoms with van der Waals surface area (Å²) < 4.78 is 6.91. The molecule has 0 amide bonds. The molecule has 710 valence electrons. The molecule has 1 aliphatic carbocycles. The van der Waals surface area contributed by atoms with Crippen molar-refractivity contribution in [2.45, 2.75) is 6.42 Å². The van der Waals surface area contributed by atoms with Gasteiger partial charge in [0, 0.05) is 72.5 Å². The molecular formula is C122H80B2Cl6N14O4. The minimum Gasteiger partial charge on any atom is -0.423 e. The molecule has 7 aromatic heterocycles. The van der Waals surface area contributed by atoms with Crippen LogP contribution >= 0.6 is 69.6 Å². The summed E-state index contributed by atoms with van der Waals surface area (Å²) in [6.45, 7) is 14.4. The lowest BCUT2D eigenvalue weighted by Crippen LogP contribution is -2.29. The van der Waals surface area contributed by atoms with E-state index in [4.69, 9.17) is 118 Å². The number of hydrogen-bond acceptors (Lipinski definition) is 13. The van der Waals surface area contributed by atoms with Gasteiger partial charge in [0.05, 0.1) is 86.3 Å². The molecule has 0 saturated carbocycles. The molecule has 0 bridgehead atoms. The number of nitrogens with zero attached hydrogens (tertiary/aromatic N) is 14. The van der Waals surface area contributed by atoms with Crippen molar-refractivity contribution in [3.8, 4) is 113 Å². The van der Waals surface area contributed by atoms with Gasteiger partial charge < -0.3 is 29.2 Å². The Morgan fingerprint density at radius 3 is 1.02 bits per heavy atom. The van der Waals surface area contributed by atoms with Gasteiger partial charge >= 0.3 is 14.2 Å². The molecule has 0 saturated heterocycles. The van der Waals surface area contributed by atoms with Crippen LogP contribution in [0, 0.1) is 24.5 Å². The van der Waals surface area contributed by atoms with Crippen LogP contribution < -0.4 is 10.9 Å². The Balaban J connectivity index is 0.000000122. The predicted molar refractivity (Wildman–Crippen MR) is 604 cm³/mol. The van der Waals surface area contributed by atoms with Crippen molar-refractivity contribution in [1.29, 1.82) is 5.26 Å². The Bertz CT molecular complexity index is 8990. The molecule has 0 aliphatic heterocycles. The van der Waals surface area contributed by atoms with Crippen molar-refractivity contribution in [2.75, 3.05) is 0 Å². The van der Waals surface area contributed by atoms with Crippen molar-refractivity contribution < 1.29 is 20.1 Å². The zero-order valence-electron chi connectivity index (χ0n) is 78.4. The summed E-state index contributed by atoms with van der Waals surface area (Å²) in [5, 5.41) is 51.5. The summed E-state index contributed by atoms with van der Waals surface area (Å²) in [6.07, 6.45) is 1.02. The molecule has 18 nitrogen and oxygen atoms in total. The highest BCUT2D eigenvalue weighted by atomic mass is 35.5. The lowest BCUT2D eigenvalue weighted by atomic mass is 9.80. The zero-order chi connectivity index (χ0) is 102. The molecule has 0 unspecified atom stereocenters. The van der Waals surface area contributed by atoms with E-state index in [1.54, 1.807) is 42.5 Å². The molecule has 26 heteroatoms. The van der Waals surface area contributed by atoms with Gasteiger partial charge in [-0.05, 0) is 205 Å². The maximum Gasteiger partial charge on any atom is 0.488 e. The summed E-state index contributed by atoms with van der Waals surface area (Å²) in [5.41, 5.74) is 31.0. The quantitative estimate of drug-likeness (QED) is 0.0386. The highest BCUT2D eigenvalue weighted by molar-refractivity contribution is 6.59. The third-order valence-corrected chi connectivity index (χ3v) is 25.7. The third kappa shape index (κ3) is 22.9. The van der Waals surface area contributed by atoms with Crippen LogP contribution in [0.5, 0.6) is 0 Å². The monoisotopic (exact) mass is 2040 g/mol. The van der Waals surface area contributed by atoms with Crippen LogP contribution in [0.3, 0.4) is 0 Å². The van der Waals surface area contributed by atoms with Crippen LogP contribution in [-0.2, 0) is 6.42 Å². The number of para-hydroxylation sites is 5. The van der Waals surface area contributed by atoms with Gasteiger partial charge in [-0.25, -0.2) is 49.6 Å². The lowest BCUT2D eigenvalue weighted by molar-refractivity contribution is 0.424. The van der Waals surface area contributed by atoms with Crippen LogP contribution in [0.4, 0.5) is 11.4 Å². The molecule has 0 fully saturated rings. The normalized spacial score (nSPS) is 10.9. The Labute approximate surface area is 882 Å². The molecule has 7 heterocycles. The summed E-state index contributed by atoms with van der Waals surface area (Å²) in [4.78, 5) is 40.9. The van der Waals surface area contributed by atoms with Gasteiger partial charge in [-0.2, -0.15) is 5.26 Å². The van der Waals surface area contributed by atoms with Crippen LogP contribution in [-0.4, -0.2) is 87.9 Å². The first-order valence-electron chi connectivity index (χ1n) is 46.7. The van der Waals surface area contributed by atoms with E-state index in [-0.39, 0.29) is 26.2 Å². The van der Waals surface area contributed by atoms with E-state index in [9.17, 15) is 0 Å². The number of fused-ring (bicyclic) bond motifs is 12. The molecule has 25 rings (SSSR count). The lowest BCUT2D eigenvalue weighted by Gasteiger charge is -2.12. The second kappa shape index (κ2) is 46.1. The Morgan fingerprint density at radius 2 is 0.581 bits per heavy atom. The molecule has 24 aromatic rings. The van der Waals surface area contributed by atoms with Crippen LogP contribution in [0.15, 0.2) is 449 Å². The average molecular weight is 2040 g/mol. The SMILES string of the molecule is Clc1cc(-c2ccccc2)nc(Cl)n1.Clc1cc(Cl)nc(Cl)n1.N#Cc1ccc(B(O)O)cc1.OB(O)c1ccccc1.[C-]#[N+]c1ccc(-c2cc(-c3ccccc3)nc(-n3c4ccccc4c4ccc(-c5ccc6c(c5)c5ccccc5n6-c5ccccc5)cc43)n2)cc1.[C-]#[N+]c1ccc(-c2cc(-c3ccccc3)nc(Cl)n2)cc1.c1ccc(-n2c3ccccc3c3cc(-c4ccc5c(c4)Cc4ccccc4-5)ccc32)cc1. The van der Waals surface area contributed by atoms with E-state index < -0.39 is 14.2 Å². The van der Waals surface area contributed by atoms with Crippen molar-refractivity contribution in [3.05, 3.63) is 520 Å².